The number of hydrogen-bond donors (Lipinski definition) is 2. The molecule has 1 aliphatic rings. The fourth-order valence-electron chi connectivity index (χ4n) is 6.68. The van der Waals surface area contributed by atoms with E-state index < -0.39 is 17.9 Å². The third kappa shape index (κ3) is 7.39. The first kappa shape index (κ1) is 34.1. The number of carbonyl (C=O) groups is 3. The molecule has 0 spiro atoms. The van der Waals surface area contributed by atoms with Gasteiger partial charge in [0.2, 0.25) is 5.91 Å². The van der Waals surface area contributed by atoms with Gasteiger partial charge in [0.05, 0.1) is 23.5 Å². The first-order chi connectivity index (χ1) is 25.5. The summed E-state index contributed by atoms with van der Waals surface area (Å²) >= 11 is 0. The van der Waals surface area contributed by atoms with Crippen LogP contribution in [0.3, 0.4) is 0 Å². The summed E-state index contributed by atoms with van der Waals surface area (Å²) in [4.78, 5) is 44.2. The van der Waals surface area contributed by atoms with Crippen molar-refractivity contribution in [1.82, 2.24) is 30.8 Å². The molecular weight excluding hydrogens is 654 g/mol. The van der Waals surface area contributed by atoms with E-state index in [0.717, 1.165) is 37.7 Å². The average Bonchev–Trinajstić information content (AvgIpc) is 3.84. The summed E-state index contributed by atoms with van der Waals surface area (Å²) in [5.41, 5.74) is 4.05. The molecule has 7 rings (SSSR count). The van der Waals surface area contributed by atoms with Gasteiger partial charge in [0.15, 0.2) is 11.5 Å². The zero-order valence-electron chi connectivity index (χ0n) is 28.8. The van der Waals surface area contributed by atoms with E-state index in [1.165, 1.54) is 4.68 Å². The lowest BCUT2D eigenvalue weighted by atomic mass is 9.94. The zero-order valence-corrected chi connectivity index (χ0v) is 28.8. The summed E-state index contributed by atoms with van der Waals surface area (Å²) in [7, 11) is 0. The smallest absolute Gasteiger partial charge is 0.274 e. The van der Waals surface area contributed by atoms with Crippen molar-refractivity contribution in [2.75, 3.05) is 4.90 Å². The van der Waals surface area contributed by atoms with Crippen molar-refractivity contribution in [2.45, 2.75) is 57.7 Å². The van der Waals surface area contributed by atoms with Gasteiger partial charge < -0.3 is 15.2 Å². The molecule has 1 saturated carbocycles. The summed E-state index contributed by atoms with van der Waals surface area (Å²) in [6.45, 7) is 1.81. The monoisotopic (exact) mass is 693 g/mol. The topological polar surface area (TPSA) is 135 Å². The van der Waals surface area contributed by atoms with Crippen molar-refractivity contribution in [1.29, 1.82) is 0 Å². The van der Waals surface area contributed by atoms with Crippen LogP contribution in [0.4, 0.5) is 5.69 Å². The highest BCUT2D eigenvalue weighted by molar-refractivity contribution is 6.12. The average molecular weight is 694 g/mol. The van der Waals surface area contributed by atoms with E-state index in [-0.39, 0.29) is 29.8 Å². The number of carbonyl (C=O) groups excluding carboxylic acids is 3. The normalized spacial score (nSPS) is 13.6. The molecule has 262 valence electrons. The Hall–Kier alpha value is -6.36. The Kier molecular flexibility index (Phi) is 10.3. The molecule has 4 aromatic carbocycles. The minimum absolute atomic E-state index is 0.0461. The molecule has 6 aromatic rings. The molecule has 11 heteroatoms. The van der Waals surface area contributed by atoms with E-state index in [4.69, 9.17) is 4.52 Å². The van der Waals surface area contributed by atoms with E-state index in [2.05, 4.69) is 26.1 Å². The van der Waals surface area contributed by atoms with Gasteiger partial charge in [-0.15, -0.1) is 5.10 Å². The molecule has 1 atom stereocenters. The number of aromatic nitrogens is 4. The van der Waals surface area contributed by atoms with Gasteiger partial charge in [0, 0.05) is 23.4 Å². The Bertz CT molecular complexity index is 2140. The van der Waals surface area contributed by atoms with Crippen molar-refractivity contribution in [3.8, 4) is 16.9 Å². The summed E-state index contributed by atoms with van der Waals surface area (Å²) in [6, 6.07) is 36.0. The largest absolute Gasteiger partial charge is 0.359 e. The fourth-order valence-corrected chi connectivity index (χ4v) is 6.68. The predicted molar refractivity (Wildman–Crippen MR) is 197 cm³/mol. The fraction of sp³-hybridized carbons (Fsp3) is 0.220. The third-order valence-electron chi connectivity index (χ3n) is 9.35. The van der Waals surface area contributed by atoms with Gasteiger partial charge in [-0.25, -0.2) is 4.68 Å². The van der Waals surface area contributed by atoms with E-state index in [1.807, 2.05) is 91.0 Å². The first-order valence-electron chi connectivity index (χ1n) is 17.5. The van der Waals surface area contributed by atoms with Gasteiger partial charge in [-0.1, -0.05) is 121 Å². The van der Waals surface area contributed by atoms with Crippen molar-refractivity contribution in [3.63, 3.8) is 0 Å². The number of hydrogen-bond acceptors (Lipinski definition) is 7. The molecule has 2 N–H and O–H groups in total. The van der Waals surface area contributed by atoms with Crippen LogP contribution in [-0.2, 0) is 11.3 Å². The molecule has 2 heterocycles. The summed E-state index contributed by atoms with van der Waals surface area (Å²) in [6.07, 6.45) is 5.08. The Balaban J connectivity index is 1.18. The highest BCUT2D eigenvalue weighted by atomic mass is 16.5. The Morgan fingerprint density at radius 3 is 2.23 bits per heavy atom. The van der Waals surface area contributed by atoms with Crippen LogP contribution in [-0.4, -0.2) is 43.9 Å². The summed E-state index contributed by atoms with van der Waals surface area (Å²) in [5, 5.41) is 18.7. The number of amides is 3. The summed E-state index contributed by atoms with van der Waals surface area (Å²) < 4.78 is 6.92. The molecule has 0 bridgehead atoms. The van der Waals surface area contributed by atoms with Crippen molar-refractivity contribution < 1.29 is 18.9 Å². The Morgan fingerprint density at radius 2 is 1.50 bits per heavy atom. The van der Waals surface area contributed by atoms with Gasteiger partial charge >= 0.3 is 0 Å². The second kappa shape index (κ2) is 15.7. The van der Waals surface area contributed by atoms with Crippen molar-refractivity contribution in [3.05, 3.63) is 150 Å². The van der Waals surface area contributed by atoms with Gasteiger partial charge in [-0.2, -0.15) is 0 Å². The van der Waals surface area contributed by atoms with Crippen LogP contribution in [0.5, 0.6) is 0 Å². The lowest BCUT2D eigenvalue weighted by molar-refractivity contribution is -0.123. The number of benzene rings is 4. The maximum Gasteiger partial charge on any atom is 0.274 e. The van der Waals surface area contributed by atoms with Crippen LogP contribution < -0.4 is 15.5 Å². The van der Waals surface area contributed by atoms with E-state index >= 15 is 0 Å². The standard InChI is InChI=1S/C41H39N7O4/c1-28-37(39(49)42-27-33-26-35(45-52-33)29-16-6-2-7-17-29)44-46-48(28)36-25-15-14-24-34(36)41(51)47(32-22-12-5-13-23-32)38(30-18-8-3-9-19-30)40(50)43-31-20-10-4-11-21-31/h2-3,5-9,12-19,22-26,31,38H,4,10-11,20-21,27H2,1H3,(H,42,49)(H,43,50). The number of rotatable bonds is 11. The van der Waals surface area contributed by atoms with Gasteiger partial charge in [-0.3, -0.25) is 19.3 Å². The Labute approximate surface area is 301 Å². The maximum atomic E-state index is 15.0. The van der Waals surface area contributed by atoms with Crippen LogP contribution >= 0.6 is 0 Å². The predicted octanol–water partition coefficient (Wildman–Crippen LogP) is 7.00. The third-order valence-corrected chi connectivity index (χ3v) is 9.35. The van der Waals surface area contributed by atoms with Crippen molar-refractivity contribution >= 4 is 23.4 Å². The minimum atomic E-state index is -0.956. The zero-order chi connectivity index (χ0) is 35.9. The van der Waals surface area contributed by atoms with Crippen LogP contribution in [0.15, 0.2) is 126 Å². The molecule has 2 aromatic heterocycles. The molecule has 0 aliphatic heterocycles. The second-order valence-electron chi connectivity index (χ2n) is 12.8. The van der Waals surface area contributed by atoms with Gasteiger partial charge in [0.25, 0.3) is 11.8 Å². The quantitative estimate of drug-likeness (QED) is 0.149. The number of anilines is 1. The first-order valence-corrected chi connectivity index (χ1v) is 17.5. The summed E-state index contributed by atoms with van der Waals surface area (Å²) in [5.74, 6) is -0.629. The van der Waals surface area contributed by atoms with Crippen LogP contribution in [0.2, 0.25) is 0 Å². The van der Waals surface area contributed by atoms with Gasteiger partial charge in [-0.05, 0) is 49.6 Å². The van der Waals surface area contributed by atoms with Crippen LogP contribution in [0.1, 0.15) is 76.0 Å². The molecule has 52 heavy (non-hydrogen) atoms. The number of nitrogens with one attached hydrogen (secondary N) is 2. The SMILES string of the molecule is Cc1c(C(=O)NCc2cc(-c3ccccc3)no2)nnn1-c1ccccc1C(=O)N(c1ccccc1)C(C(=O)NC1CCCCC1)c1ccccc1. The molecule has 1 aliphatic carbocycles. The Morgan fingerprint density at radius 1 is 0.846 bits per heavy atom. The van der Waals surface area contributed by atoms with E-state index in [0.29, 0.717) is 34.1 Å². The van der Waals surface area contributed by atoms with E-state index in [1.54, 1.807) is 42.2 Å². The minimum Gasteiger partial charge on any atom is -0.359 e. The van der Waals surface area contributed by atoms with Crippen LogP contribution in [0.25, 0.3) is 16.9 Å². The molecule has 0 radical (unpaired) electrons. The lowest BCUT2D eigenvalue weighted by Gasteiger charge is -2.34. The van der Waals surface area contributed by atoms with Gasteiger partial charge in [0.1, 0.15) is 11.7 Å². The maximum absolute atomic E-state index is 15.0. The highest BCUT2D eigenvalue weighted by Crippen LogP contribution is 2.32. The number of para-hydroxylation sites is 2. The molecular formula is C41H39N7O4. The highest BCUT2D eigenvalue weighted by Gasteiger charge is 2.36. The lowest BCUT2D eigenvalue weighted by Crippen LogP contribution is -2.47. The molecule has 1 fully saturated rings. The molecule has 1 unspecified atom stereocenters. The van der Waals surface area contributed by atoms with Crippen LogP contribution in [0, 0.1) is 6.92 Å². The molecule has 11 nitrogen and oxygen atoms in total. The second-order valence-corrected chi connectivity index (χ2v) is 12.8. The molecule has 0 saturated heterocycles. The van der Waals surface area contributed by atoms with Crippen molar-refractivity contribution in [2.24, 2.45) is 0 Å². The number of nitrogens with zero attached hydrogens (tertiary/aromatic N) is 5. The van der Waals surface area contributed by atoms with E-state index in [9.17, 15) is 14.4 Å². The molecule has 3 amide bonds.